The third kappa shape index (κ3) is 8.03. The Morgan fingerprint density at radius 1 is 0.908 bits per heavy atom. The number of hydrogen-bond acceptors (Lipinski definition) is 12. The van der Waals surface area contributed by atoms with Crippen molar-refractivity contribution < 1.29 is 49.7 Å². The lowest BCUT2D eigenvalue weighted by atomic mass is 9.31. The third-order valence-corrected chi connectivity index (χ3v) is 29.8. The van der Waals surface area contributed by atoms with Crippen LogP contribution in [-0.4, -0.2) is 110 Å². The van der Waals surface area contributed by atoms with Crippen molar-refractivity contribution in [1.82, 2.24) is 5.32 Å². The molecule has 12 nitrogen and oxygen atoms in total. The van der Waals surface area contributed by atoms with E-state index in [4.69, 9.17) is 15.2 Å². The molecule has 1 aromatic carbocycles. The Morgan fingerprint density at radius 3 is 2.45 bits per heavy atom. The molecular weight excluding hydrogens is 1090 g/mol. The molecule has 2 saturated heterocycles. The number of dihydropyridines is 1. The van der Waals surface area contributed by atoms with Gasteiger partial charge in [0.1, 0.15) is 24.1 Å². The molecule has 9 N–H and O–H groups in total. The van der Waals surface area contributed by atoms with Crippen molar-refractivity contribution in [2.45, 2.75) is 236 Å². The van der Waals surface area contributed by atoms with Gasteiger partial charge in [-0.15, -0.1) is 0 Å². The fourth-order valence-corrected chi connectivity index (χ4v) is 25.8. The first-order valence-electron chi connectivity index (χ1n) is 34.8. The van der Waals surface area contributed by atoms with Crippen molar-refractivity contribution in [1.29, 1.82) is 0 Å². The first-order valence-corrected chi connectivity index (χ1v) is 34.8. The summed E-state index contributed by atoms with van der Waals surface area (Å²) < 4.78 is 14.5. The van der Waals surface area contributed by atoms with E-state index in [1.54, 1.807) is 0 Å². The van der Waals surface area contributed by atoms with Crippen molar-refractivity contribution in [3.63, 3.8) is 0 Å². The molecule has 22 unspecified atom stereocenters. The molecule has 3 aliphatic heterocycles. The van der Waals surface area contributed by atoms with Gasteiger partial charge in [0.2, 0.25) is 0 Å². The minimum atomic E-state index is -1.46. The second kappa shape index (κ2) is 20.4. The number of carbonyl (C=O) groups is 2. The van der Waals surface area contributed by atoms with E-state index in [9.17, 15) is 35.4 Å². The minimum Gasteiger partial charge on any atom is -0.396 e. The molecule has 10 fully saturated rings. The first-order chi connectivity index (χ1) is 41.6. The average Bonchev–Trinajstić information content (AvgIpc) is 1.60. The molecule has 14 aliphatic rings. The predicted octanol–water partition coefficient (Wildman–Crippen LogP) is 9.84. The zero-order valence-electron chi connectivity index (χ0n) is 52.7. The van der Waals surface area contributed by atoms with Crippen LogP contribution in [-0.2, 0) is 31.9 Å². The summed E-state index contributed by atoms with van der Waals surface area (Å²) in [6, 6.07) is 8.87. The van der Waals surface area contributed by atoms with E-state index in [0.717, 1.165) is 80.8 Å². The number of benzene rings is 1. The van der Waals surface area contributed by atoms with Gasteiger partial charge in [-0.25, -0.2) is 0 Å². The van der Waals surface area contributed by atoms with Crippen LogP contribution in [0, 0.1) is 103 Å². The van der Waals surface area contributed by atoms with Crippen LogP contribution < -0.4 is 11.1 Å². The quantitative estimate of drug-likeness (QED) is 0.0450. The SMILES string of the molecule is CC1CCOC(C2OC2C(C)(O)C(C)(CO)CCC2=CCNC(N)=C2)(C2CCC3(O)C4=CC(=O)C5CC(O)CC67C8C=C(C9(CO)CC(C=O)CC9%10CCCC%10O)CC56C4C(CCc4ccccc4CC#CC7C4(CCC5(CCCC5)C4)C8)CC23C)C1. The van der Waals surface area contributed by atoms with Crippen LogP contribution in [0.15, 0.2) is 71.1 Å². The van der Waals surface area contributed by atoms with Crippen LogP contribution >= 0.6 is 0 Å². The molecular formula is C75H102N2O10. The number of aliphatic hydroxyl groups excluding tert-OH is 4. The molecule has 22 atom stereocenters. The lowest BCUT2D eigenvalue weighted by Gasteiger charge is -2.72. The number of ketones is 1. The van der Waals surface area contributed by atoms with Gasteiger partial charge in [0.05, 0.1) is 42.4 Å². The maximum absolute atomic E-state index is 16.6. The lowest BCUT2D eigenvalue weighted by molar-refractivity contribution is -0.227. The average molecular weight is 1190 g/mol. The number of nitrogens with two attached hydrogens (primary N) is 1. The van der Waals surface area contributed by atoms with Crippen molar-refractivity contribution >= 4 is 12.1 Å². The summed E-state index contributed by atoms with van der Waals surface area (Å²) in [4.78, 5) is 30.0. The maximum Gasteiger partial charge on any atom is 0.159 e. The highest BCUT2D eigenvalue weighted by Crippen LogP contribution is 2.85. The predicted molar refractivity (Wildman–Crippen MR) is 332 cm³/mol. The van der Waals surface area contributed by atoms with E-state index >= 15 is 4.79 Å². The summed E-state index contributed by atoms with van der Waals surface area (Å²) >= 11 is 0. The number of nitrogens with one attached hydrogen (secondary N) is 1. The number of ether oxygens (including phenoxy) is 2. The molecule has 11 aliphatic carbocycles. The Balaban J connectivity index is 0.912. The molecule has 12 heteroatoms. The number of aliphatic hydroxyl groups is 6. The number of epoxide rings is 1. The van der Waals surface area contributed by atoms with Gasteiger partial charge in [0.15, 0.2) is 5.78 Å². The number of hydrogen-bond donors (Lipinski definition) is 8. The second-order valence-electron chi connectivity index (χ2n) is 33.3. The number of fused-ring (bicyclic) bond motifs is 4. The van der Waals surface area contributed by atoms with E-state index in [1.165, 1.54) is 36.8 Å². The Kier molecular flexibility index (Phi) is 14.0. The largest absolute Gasteiger partial charge is 0.396 e. The number of allylic oxidation sites excluding steroid dienone is 4. The minimum absolute atomic E-state index is 0.00510. The Morgan fingerprint density at radius 2 is 1.71 bits per heavy atom. The van der Waals surface area contributed by atoms with Gasteiger partial charge >= 0.3 is 0 Å². The molecule has 0 bridgehead atoms. The second-order valence-corrected chi connectivity index (χ2v) is 33.3. The Bertz CT molecular complexity index is 3170. The molecule has 8 saturated carbocycles. The zero-order chi connectivity index (χ0) is 60.6. The van der Waals surface area contributed by atoms with E-state index in [2.05, 4.69) is 67.4 Å². The standard InChI is InChI=1S/C75H102N2O10/c1-46-21-30-86-74(35-46,64-63(87-64)67(4,84)65(2,44-79)25-18-47-20-29-77-61(76)31-47)58-19-26-75(85)56-34-57(82)55-33-54(81)41-72-53-32-52(71(45-80)37-48(42-78)36-70(71)24-10-15-60(70)83)40-73(55,72)62(56)51(38-66(58,75)3)17-16-50-12-6-5-11-49(50)13-9-14-59(72)69(39-53)28-27-68(43-69)22-7-8-23-68/h5-6,11-12,20,31-32,34,42,46,48,51,53-55,58-60,62-64,77,79-81,83-85H,7-8,10,13,15-19,21-30,33,35-41,43-45,76H2,1-4H3. The molecule has 5 spiro atoms. The molecule has 0 amide bonds. The molecule has 15 rings (SSSR count). The van der Waals surface area contributed by atoms with Gasteiger partial charge in [0.25, 0.3) is 0 Å². The van der Waals surface area contributed by atoms with Crippen molar-refractivity contribution in [3.8, 4) is 11.8 Å². The van der Waals surface area contributed by atoms with Crippen LogP contribution in [0.4, 0.5) is 0 Å². The molecule has 1 aromatic rings. The van der Waals surface area contributed by atoms with Crippen molar-refractivity contribution in [3.05, 3.63) is 82.2 Å². The number of aldehydes is 1. The van der Waals surface area contributed by atoms with E-state index in [0.29, 0.717) is 102 Å². The highest BCUT2D eigenvalue weighted by atomic mass is 16.6. The molecule has 0 aromatic heterocycles. The highest BCUT2D eigenvalue weighted by Gasteiger charge is 2.83. The van der Waals surface area contributed by atoms with Crippen LogP contribution in [0.25, 0.3) is 0 Å². The third-order valence-electron chi connectivity index (χ3n) is 29.8. The van der Waals surface area contributed by atoms with Crippen LogP contribution in [0.3, 0.4) is 0 Å². The topological polar surface area (TPSA) is 215 Å². The maximum atomic E-state index is 16.6. The van der Waals surface area contributed by atoms with Crippen LogP contribution in [0.1, 0.15) is 193 Å². The zero-order valence-corrected chi connectivity index (χ0v) is 52.7. The molecule has 0 radical (unpaired) electrons. The molecule has 87 heavy (non-hydrogen) atoms. The smallest absolute Gasteiger partial charge is 0.159 e. The Labute approximate surface area is 517 Å². The summed E-state index contributed by atoms with van der Waals surface area (Å²) in [6.45, 7) is 9.13. The van der Waals surface area contributed by atoms with Gasteiger partial charge in [-0.05, 0) is 228 Å². The number of rotatable bonds is 11. The summed E-state index contributed by atoms with van der Waals surface area (Å²) in [5.41, 5.74) is 3.13. The van der Waals surface area contributed by atoms with Gasteiger partial charge in [0, 0.05) is 64.4 Å². The molecule has 472 valence electrons. The van der Waals surface area contributed by atoms with Crippen LogP contribution in [0.2, 0.25) is 0 Å². The molecule has 3 heterocycles. The van der Waals surface area contributed by atoms with Gasteiger partial charge in [-0.1, -0.05) is 93.9 Å². The number of carbonyl (C=O) groups excluding carboxylic acids is 2. The lowest BCUT2D eigenvalue weighted by Crippen LogP contribution is -2.71. The highest BCUT2D eigenvalue weighted by molar-refractivity contribution is 5.95. The van der Waals surface area contributed by atoms with Crippen LogP contribution in [0.5, 0.6) is 0 Å². The summed E-state index contributed by atoms with van der Waals surface area (Å²) in [5.74, 6) is 7.37. The van der Waals surface area contributed by atoms with Gasteiger partial charge in [-0.3, -0.25) is 4.79 Å². The fraction of sp³-hybridized carbons (Fsp3) is 0.760. The van der Waals surface area contributed by atoms with Crippen molar-refractivity contribution in [2.24, 2.45) is 96.4 Å². The van der Waals surface area contributed by atoms with Gasteiger partial charge < -0.3 is 56.0 Å². The van der Waals surface area contributed by atoms with Crippen molar-refractivity contribution in [2.75, 3.05) is 26.4 Å². The monoisotopic (exact) mass is 1190 g/mol. The summed E-state index contributed by atoms with van der Waals surface area (Å²) in [6.07, 6.45) is 27.3. The summed E-state index contributed by atoms with van der Waals surface area (Å²) in [5, 5.41) is 80.7. The number of aryl methyl sites for hydroxylation is 1. The Hall–Kier alpha value is -3.64. The van der Waals surface area contributed by atoms with E-state index in [-0.39, 0.29) is 71.3 Å². The van der Waals surface area contributed by atoms with Gasteiger partial charge in [-0.2, -0.15) is 0 Å². The normalized spacial score (nSPS) is 48.6. The van der Waals surface area contributed by atoms with E-state index in [1.807, 2.05) is 26.0 Å². The fourth-order valence-electron chi connectivity index (χ4n) is 25.8. The summed E-state index contributed by atoms with van der Waals surface area (Å²) in [7, 11) is 0. The van der Waals surface area contributed by atoms with E-state index < -0.39 is 79.6 Å². The first kappa shape index (κ1) is 59.7.